The molecular weight excluding hydrogens is 306 g/mol. The Morgan fingerprint density at radius 2 is 2.05 bits per heavy atom. The first-order valence-corrected chi connectivity index (χ1v) is 7.05. The molecule has 0 aliphatic carbocycles. The Hall–Kier alpha value is -1.26. The average Bonchev–Trinajstić information content (AvgIpc) is 2.85. The summed E-state index contributed by atoms with van der Waals surface area (Å²) in [7, 11) is 1.66. The van der Waals surface area contributed by atoms with E-state index in [4.69, 9.17) is 9.15 Å². The molecule has 2 rings (SSSR count). The van der Waals surface area contributed by atoms with Crippen molar-refractivity contribution < 1.29 is 9.15 Å². The van der Waals surface area contributed by atoms with E-state index < -0.39 is 0 Å². The zero-order chi connectivity index (χ0) is 13.8. The monoisotopic (exact) mass is 323 g/mol. The molecule has 0 saturated heterocycles. The minimum Gasteiger partial charge on any atom is -0.497 e. The molecule has 1 N–H and O–H groups in total. The van der Waals surface area contributed by atoms with E-state index in [-0.39, 0.29) is 0 Å². The summed E-state index contributed by atoms with van der Waals surface area (Å²) in [4.78, 5) is 0. The fraction of sp³-hybridized carbons (Fsp3) is 0.333. The second-order valence-corrected chi connectivity index (χ2v) is 5.50. The molecule has 2 aromatic rings. The third kappa shape index (κ3) is 3.61. The van der Waals surface area contributed by atoms with Crippen LogP contribution in [0.2, 0.25) is 0 Å². The molecule has 102 valence electrons. The molecule has 19 heavy (non-hydrogen) atoms. The van der Waals surface area contributed by atoms with E-state index in [0.29, 0.717) is 6.04 Å². The molecule has 0 spiro atoms. The van der Waals surface area contributed by atoms with E-state index in [2.05, 4.69) is 35.1 Å². The van der Waals surface area contributed by atoms with Gasteiger partial charge in [-0.3, -0.25) is 0 Å². The van der Waals surface area contributed by atoms with Crippen molar-refractivity contribution in [1.29, 1.82) is 0 Å². The highest BCUT2D eigenvalue weighted by Crippen LogP contribution is 2.32. The average molecular weight is 324 g/mol. The Morgan fingerprint density at radius 1 is 1.26 bits per heavy atom. The largest absolute Gasteiger partial charge is 0.497 e. The SMILES string of the molecule is COc1ccc(Br)c(-c2ccc(CNC(C)C)o2)c1. The van der Waals surface area contributed by atoms with E-state index in [1.165, 1.54) is 0 Å². The molecule has 0 aliphatic rings. The summed E-state index contributed by atoms with van der Waals surface area (Å²) in [5, 5.41) is 3.33. The van der Waals surface area contributed by atoms with Gasteiger partial charge in [0.15, 0.2) is 0 Å². The number of furan rings is 1. The lowest BCUT2D eigenvalue weighted by Crippen LogP contribution is -2.21. The summed E-state index contributed by atoms with van der Waals surface area (Å²) in [6, 6.07) is 10.3. The van der Waals surface area contributed by atoms with Crippen molar-refractivity contribution in [2.45, 2.75) is 26.4 Å². The van der Waals surface area contributed by atoms with Crippen molar-refractivity contribution in [1.82, 2.24) is 5.32 Å². The van der Waals surface area contributed by atoms with E-state index in [1.54, 1.807) is 7.11 Å². The van der Waals surface area contributed by atoms with Gasteiger partial charge in [-0.1, -0.05) is 29.8 Å². The number of ether oxygens (including phenoxy) is 1. The summed E-state index contributed by atoms with van der Waals surface area (Å²) in [5.74, 6) is 2.58. The van der Waals surface area contributed by atoms with Crippen LogP contribution < -0.4 is 10.1 Å². The van der Waals surface area contributed by atoms with Gasteiger partial charge in [-0.05, 0) is 30.3 Å². The van der Waals surface area contributed by atoms with E-state index in [1.807, 2.05) is 30.3 Å². The lowest BCUT2D eigenvalue weighted by Gasteiger charge is -2.06. The Balaban J connectivity index is 2.22. The normalized spacial score (nSPS) is 11.0. The minimum atomic E-state index is 0.442. The van der Waals surface area contributed by atoms with Crippen molar-refractivity contribution in [2.24, 2.45) is 0 Å². The summed E-state index contributed by atoms with van der Waals surface area (Å²) in [6.07, 6.45) is 0. The maximum Gasteiger partial charge on any atom is 0.135 e. The topological polar surface area (TPSA) is 34.4 Å². The van der Waals surface area contributed by atoms with Crippen molar-refractivity contribution in [3.05, 3.63) is 40.6 Å². The Morgan fingerprint density at radius 3 is 2.74 bits per heavy atom. The number of methoxy groups -OCH3 is 1. The molecule has 0 fully saturated rings. The molecule has 0 radical (unpaired) electrons. The summed E-state index contributed by atoms with van der Waals surface area (Å²) in [5.41, 5.74) is 0.996. The highest BCUT2D eigenvalue weighted by molar-refractivity contribution is 9.10. The van der Waals surface area contributed by atoms with Crippen molar-refractivity contribution in [2.75, 3.05) is 7.11 Å². The first-order chi connectivity index (χ1) is 9.10. The van der Waals surface area contributed by atoms with E-state index in [0.717, 1.165) is 33.9 Å². The van der Waals surface area contributed by atoms with Crippen molar-refractivity contribution in [3.8, 4) is 17.1 Å². The predicted molar refractivity (Wildman–Crippen MR) is 80.4 cm³/mol. The fourth-order valence-electron chi connectivity index (χ4n) is 1.74. The van der Waals surface area contributed by atoms with Gasteiger partial charge >= 0.3 is 0 Å². The first kappa shape index (κ1) is 14.2. The highest BCUT2D eigenvalue weighted by Gasteiger charge is 2.10. The molecule has 1 aromatic heterocycles. The minimum absolute atomic E-state index is 0.442. The van der Waals surface area contributed by atoms with Crippen LogP contribution in [0.1, 0.15) is 19.6 Å². The van der Waals surface area contributed by atoms with Crippen LogP contribution in [0.3, 0.4) is 0 Å². The maximum atomic E-state index is 5.85. The van der Waals surface area contributed by atoms with Gasteiger partial charge in [0.1, 0.15) is 17.3 Å². The lowest BCUT2D eigenvalue weighted by atomic mass is 10.1. The van der Waals surface area contributed by atoms with Crippen LogP contribution in [-0.2, 0) is 6.54 Å². The second kappa shape index (κ2) is 6.26. The summed E-state index contributed by atoms with van der Waals surface area (Å²) in [6.45, 7) is 4.96. The summed E-state index contributed by atoms with van der Waals surface area (Å²) >= 11 is 3.54. The van der Waals surface area contributed by atoms with Gasteiger partial charge in [-0.2, -0.15) is 0 Å². The number of hydrogen-bond donors (Lipinski definition) is 1. The molecule has 1 aromatic carbocycles. The van der Waals surface area contributed by atoms with Gasteiger partial charge in [0.2, 0.25) is 0 Å². The van der Waals surface area contributed by atoms with Gasteiger partial charge < -0.3 is 14.5 Å². The van der Waals surface area contributed by atoms with E-state index in [9.17, 15) is 0 Å². The molecule has 0 amide bonds. The van der Waals surface area contributed by atoms with Crippen LogP contribution in [-0.4, -0.2) is 13.2 Å². The molecule has 3 nitrogen and oxygen atoms in total. The second-order valence-electron chi connectivity index (χ2n) is 4.65. The lowest BCUT2D eigenvalue weighted by molar-refractivity contribution is 0.414. The maximum absolute atomic E-state index is 5.85. The zero-order valence-electron chi connectivity index (χ0n) is 11.4. The van der Waals surface area contributed by atoms with Gasteiger partial charge in [-0.15, -0.1) is 0 Å². The molecule has 0 saturated carbocycles. The van der Waals surface area contributed by atoms with E-state index >= 15 is 0 Å². The van der Waals surface area contributed by atoms with Crippen LogP contribution in [0.15, 0.2) is 39.2 Å². The smallest absolute Gasteiger partial charge is 0.135 e. The van der Waals surface area contributed by atoms with Gasteiger partial charge in [-0.25, -0.2) is 0 Å². The van der Waals surface area contributed by atoms with Crippen LogP contribution in [0.4, 0.5) is 0 Å². The number of rotatable bonds is 5. The first-order valence-electron chi connectivity index (χ1n) is 6.26. The number of halogens is 1. The van der Waals surface area contributed by atoms with Crippen LogP contribution in [0.25, 0.3) is 11.3 Å². The zero-order valence-corrected chi connectivity index (χ0v) is 13.0. The fourth-order valence-corrected chi connectivity index (χ4v) is 2.18. The van der Waals surface area contributed by atoms with Crippen molar-refractivity contribution in [3.63, 3.8) is 0 Å². The molecule has 4 heteroatoms. The highest BCUT2D eigenvalue weighted by atomic mass is 79.9. The third-order valence-corrected chi connectivity index (χ3v) is 3.48. The standard InChI is InChI=1S/C15H18BrNO2/c1-10(2)17-9-12-5-7-15(19-12)13-8-11(18-3)4-6-14(13)16/h4-8,10,17H,9H2,1-3H3. The van der Waals surface area contributed by atoms with Gasteiger partial charge in [0.25, 0.3) is 0 Å². The quantitative estimate of drug-likeness (QED) is 0.894. The molecular formula is C15H18BrNO2. The number of nitrogens with one attached hydrogen (secondary N) is 1. The van der Waals surface area contributed by atoms with Gasteiger partial charge in [0, 0.05) is 16.1 Å². The number of benzene rings is 1. The predicted octanol–water partition coefficient (Wildman–Crippen LogP) is 4.22. The molecule has 0 atom stereocenters. The Labute approximate surface area is 122 Å². The Kier molecular flexibility index (Phi) is 4.66. The van der Waals surface area contributed by atoms with Gasteiger partial charge in [0.05, 0.1) is 13.7 Å². The van der Waals surface area contributed by atoms with Crippen LogP contribution >= 0.6 is 15.9 Å². The Bertz CT molecular complexity index is 549. The molecule has 0 bridgehead atoms. The molecule has 1 heterocycles. The van der Waals surface area contributed by atoms with Crippen LogP contribution in [0, 0.1) is 0 Å². The third-order valence-electron chi connectivity index (χ3n) is 2.79. The molecule has 0 aliphatic heterocycles. The summed E-state index contributed by atoms with van der Waals surface area (Å²) < 4.78 is 12.1. The van der Waals surface area contributed by atoms with Crippen molar-refractivity contribution >= 4 is 15.9 Å². The number of hydrogen-bond acceptors (Lipinski definition) is 3. The van der Waals surface area contributed by atoms with Crippen LogP contribution in [0.5, 0.6) is 5.75 Å². The molecule has 0 unspecified atom stereocenters.